The second-order valence-corrected chi connectivity index (χ2v) is 6.95. The van der Waals surface area contributed by atoms with Gasteiger partial charge in [0.05, 0.1) is 35.4 Å². The molecule has 1 fully saturated rings. The fraction of sp³-hybridized carbons (Fsp3) is 0.238. The van der Waals surface area contributed by atoms with Gasteiger partial charge in [-0.3, -0.25) is 4.79 Å². The van der Waals surface area contributed by atoms with Crippen LogP contribution < -0.4 is 0 Å². The van der Waals surface area contributed by atoms with E-state index in [0.29, 0.717) is 5.56 Å². The third-order valence-electron chi connectivity index (χ3n) is 5.26. The Balaban J connectivity index is 1.59. The topological polar surface area (TPSA) is 63.4 Å². The van der Waals surface area contributed by atoms with Crippen molar-refractivity contribution in [2.75, 3.05) is 13.1 Å². The second kappa shape index (κ2) is 6.46. The lowest BCUT2D eigenvalue weighted by atomic mass is 10.1. The van der Waals surface area contributed by atoms with Crippen molar-refractivity contribution in [2.45, 2.75) is 19.3 Å². The molecule has 4 heterocycles. The van der Waals surface area contributed by atoms with Crippen LogP contribution in [-0.2, 0) is 0 Å². The number of pyridine rings is 1. The SMILES string of the molecule is O=C(c1cnn2c(-c3ccc4cnncc4c3)cccc12)N1CCCCC1. The molecule has 0 spiro atoms. The maximum absolute atomic E-state index is 13.0. The summed E-state index contributed by atoms with van der Waals surface area (Å²) in [5.74, 6) is 0.0793. The van der Waals surface area contributed by atoms with E-state index in [-0.39, 0.29) is 5.91 Å². The minimum Gasteiger partial charge on any atom is -0.339 e. The highest BCUT2D eigenvalue weighted by molar-refractivity contribution is 6.01. The van der Waals surface area contributed by atoms with E-state index in [1.54, 1.807) is 18.6 Å². The number of fused-ring (bicyclic) bond motifs is 2. The van der Waals surface area contributed by atoms with Crippen molar-refractivity contribution < 1.29 is 4.79 Å². The molecule has 1 saturated heterocycles. The zero-order valence-corrected chi connectivity index (χ0v) is 14.9. The van der Waals surface area contributed by atoms with Gasteiger partial charge in [-0.15, -0.1) is 0 Å². The molecule has 0 N–H and O–H groups in total. The Labute approximate surface area is 156 Å². The van der Waals surface area contributed by atoms with E-state index in [0.717, 1.165) is 53.5 Å². The first kappa shape index (κ1) is 15.9. The first-order valence-corrected chi connectivity index (χ1v) is 9.28. The van der Waals surface area contributed by atoms with Gasteiger partial charge in [0.15, 0.2) is 0 Å². The summed E-state index contributed by atoms with van der Waals surface area (Å²) in [5.41, 5.74) is 3.49. The van der Waals surface area contributed by atoms with Crippen molar-refractivity contribution in [3.63, 3.8) is 0 Å². The molecule has 1 aliphatic heterocycles. The van der Waals surface area contributed by atoms with Crippen LogP contribution in [-0.4, -0.2) is 43.7 Å². The molecule has 0 radical (unpaired) electrons. The number of carbonyl (C=O) groups is 1. The van der Waals surface area contributed by atoms with Gasteiger partial charge in [0, 0.05) is 29.4 Å². The van der Waals surface area contributed by atoms with Gasteiger partial charge >= 0.3 is 0 Å². The van der Waals surface area contributed by atoms with Crippen LogP contribution in [0.15, 0.2) is 55.0 Å². The standard InChI is InChI=1S/C21H19N5O/c27-21(25-9-2-1-3-10-25)18-14-24-26-19(5-4-6-20(18)26)15-7-8-16-12-22-23-13-17(16)11-15/h4-8,11-14H,1-3,9-10H2. The number of likely N-dealkylation sites (tertiary alicyclic amines) is 1. The predicted molar refractivity (Wildman–Crippen MR) is 103 cm³/mol. The zero-order chi connectivity index (χ0) is 18.2. The van der Waals surface area contributed by atoms with Gasteiger partial charge in [0.1, 0.15) is 0 Å². The first-order chi connectivity index (χ1) is 13.3. The molecule has 3 aromatic heterocycles. The number of hydrogen-bond acceptors (Lipinski definition) is 4. The Morgan fingerprint density at radius 1 is 0.889 bits per heavy atom. The van der Waals surface area contributed by atoms with Crippen LogP contribution in [0.5, 0.6) is 0 Å². The quantitative estimate of drug-likeness (QED) is 0.550. The Morgan fingerprint density at radius 2 is 1.70 bits per heavy atom. The smallest absolute Gasteiger partial charge is 0.257 e. The number of aromatic nitrogens is 4. The molecule has 27 heavy (non-hydrogen) atoms. The first-order valence-electron chi connectivity index (χ1n) is 9.28. The van der Waals surface area contributed by atoms with Gasteiger partial charge in [0.25, 0.3) is 5.91 Å². The predicted octanol–water partition coefficient (Wildman–Crippen LogP) is 3.57. The van der Waals surface area contributed by atoms with Crippen LogP contribution in [0.1, 0.15) is 29.6 Å². The zero-order valence-electron chi connectivity index (χ0n) is 14.9. The van der Waals surface area contributed by atoms with E-state index in [1.807, 2.05) is 39.7 Å². The number of piperidine rings is 1. The highest BCUT2D eigenvalue weighted by atomic mass is 16.2. The minimum absolute atomic E-state index is 0.0793. The summed E-state index contributed by atoms with van der Waals surface area (Å²) >= 11 is 0. The fourth-order valence-corrected chi connectivity index (χ4v) is 3.82. The van der Waals surface area contributed by atoms with Crippen LogP contribution in [0, 0.1) is 0 Å². The number of carbonyl (C=O) groups excluding carboxylic acids is 1. The molecule has 0 atom stereocenters. The lowest BCUT2D eigenvalue weighted by Crippen LogP contribution is -2.35. The van der Waals surface area contributed by atoms with E-state index in [1.165, 1.54) is 6.42 Å². The van der Waals surface area contributed by atoms with Crippen molar-refractivity contribution in [2.24, 2.45) is 0 Å². The highest BCUT2D eigenvalue weighted by Gasteiger charge is 2.22. The summed E-state index contributed by atoms with van der Waals surface area (Å²) in [6.45, 7) is 1.67. The summed E-state index contributed by atoms with van der Waals surface area (Å²) in [4.78, 5) is 14.9. The number of benzene rings is 1. The van der Waals surface area contributed by atoms with E-state index < -0.39 is 0 Å². The van der Waals surface area contributed by atoms with Gasteiger partial charge in [-0.25, -0.2) is 4.52 Å². The highest BCUT2D eigenvalue weighted by Crippen LogP contribution is 2.26. The maximum atomic E-state index is 13.0. The normalized spacial score (nSPS) is 14.7. The number of hydrogen-bond donors (Lipinski definition) is 0. The van der Waals surface area contributed by atoms with Crippen molar-refractivity contribution in [1.82, 2.24) is 24.7 Å². The minimum atomic E-state index is 0.0793. The van der Waals surface area contributed by atoms with Gasteiger partial charge < -0.3 is 4.90 Å². The van der Waals surface area contributed by atoms with Gasteiger partial charge in [-0.1, -0.05) is 18.2 Å². The fourth-order valence-electron chi connectivity index (χ4n) is 3.82. The average Bonchev–Trinajstić information content (AvgIpc) is 3.18. The molecule has 1 aliphatic rings. The summed E-state index contributed by atoms with van der Waals surface area (Å²) < 4.78 is 1.85. The van der Waals surface area contributed by atoms with E-state index >= 15 is 0 Å². The Hall–Kier alpha value is -3.28. The Kier molecular flexibility index (Phi) is 3.81. The number of nitrogens with zero attached hydrogens (tertiary/aromatic N) is 5. The van der Waals surface area contributed by atoms with E-state index in [2.05, 4.69) is 21.4 Å². The van der Waals surface area contributed by atoms with Crippen LogP contribution >= 0.6 is 0 Å². The number of amides is 1. The second-order valence-electron chi connectivity index (χ2n) is 6.95. The number of rotatable bonds is 2. The summed E-state index contributed by atoms with van der Waals surface area (Å²) in [7, 11) is 0. The molecule has 134 valence electrons. The average molecular weight is 357 g/mol. The molecule has 1 amide bonds. The lowest BCUT2D eigenvalue weighted by molar-refractivity contribution is 0.0726. The third-order valence-corrected chi connectivity index (χ3v) is 5.26. The van der Waals surface area contributed by atoms with Crippen LogP contribution in [0.2, 0.25) is 0 Å². The molecule has 5 rings (SSSR count). The summed E-state index contributed by atoms with van der Waals surface area (Å²) in [6.07, 6.45) is 8.57. The summed E-state index contributed by atoms with van der Waals surface area (Å²) in [5, 5.41) is 14.5. The summed E-state index contributed by atoms with van der Waals surface area (Å²) in [6, 6.07) is 12.1. The molecule has 6 heteroatoms. The van der Waals surface area contributed by atoms with Crippen LogP contribution in [0.3, 0.4) is 0 Å². The third kappa shape index (κ3) is 2.73. The van der Waals surface area contributed by atoms with E-state index in [4.69, 9.17) is 0 Å². The molecular formula is C21H19N5O. The van der Waals surface area contributed by atoms with Crippen LogP contribution in [0.25, 0.3) is 27.5 Å². The molecule has 0 saturated carbocycles. The van der Waals surface area contributed by atoms with Crippen molar-refractivity contribution >= 4 is 22.2 Å². The molecule has 1 aromatic carbocycles. The largest absolute Gasteiger partial charge is 0.339 e. The monoisotopic (exact) mass is 357 g/mol. The molecular weight excluding hydrogens is 338 g/mol. The van der Waals surface area contributed by atoms with Crippen molar-refractivity contribution in [3.8, 4) is 11.3 Å². The van der Waals surface area contributed by atoms with Crippen molar-refractivity contribution in [1.29, 1.82) is 0 Å². The molecule has 4 aromatic rings. The van der Waals surface area contributed by atoms with Crippen LogP contribution in [0.4, 0.5) is 0 Å². The molecule has 0 aliphatic carbocycles. The molecule has 6 nitrogen and oxygen atoms in total. The Morgan fingerprint density at radius 3 is 2.56 bits per heavy atom. The lowest BCUT2D eigenvalue weighted by Gasteiger charge is -2.26. The van der Waals surface area contributed by atoms with Gasteiger partial charge in [0.2, 0.25) is 0 Å². The van der Waals surface area contributed by atoms with E-state index in [9.17, 15) is 4.79 Å². The van der Waals surface area contributed by atoms with Gasteiger partial charge in [-0.05, 0) is 37.5 Å². The van der Waals surface area contributed by atoms with Crippen molar-refractivity contribution in [3.05, 3.63) is 60.6 Å². The molecule has 0 bridgehead atoms. The van der Waals surface area contributed by atoms with Gasteiger partial charge in [-0.2, -0.15) is 15.3 Å². The molecule has 0 unspecified atom stereocenters. The maximum Gasteiger partial charge on any atom is 0.257 e. The Bertz CT molecular complexity index is 1140.